The maximum absolute atomic E-state index is 11.8. The Morgan fingerprint density at radius 2 is 0.760 bits per heavy atom. The number of hydrogen-bond donors (Lipinski definition) is 0. The second kappa shape index (κ2) is 26.1. The molecule has 0 saturated heterocycles. The summed E-state index contributed by atoms with van der Waals surface area (Å²) in [6, 6.07) is 0.685. The van der Waals surface area contributed by atoms with E-state index in [1.807, 2.05) is 13.8 Å². The molecule has 0 aliphatic carbocycles. The van der Waals surface area contributed by atoms with Gasteiger partial charge in [-0.2, -0.15) is 0 Å². The minimum atomic E-state index is -0.648. The molecular formula is C23H56FN. The van der Waals surface area contributed by atoms with E-state index >= 15 is 0 Å². The summed E-state index contributed by atoms with van der Waals surface area (Å²) >= 11 is 0. The summed E-state index contributed by atoms with van der Waals surface area (Å²) in [7, 11) is 4.15. The van der Waals surface area contributed by atoms with Gasteiger partial charge in [-0.25, -0.2) is 4.39 Å². The Kier molecular flexibility index (Phi) is 37.5. The first-order valence-corrected chi connectivity index (χ1v) is 10.3. The van der Waals surface area contributed by atoms with Gasteiger partial charge in [-0.05, 0) is 58.5 Å². The lowest BCUT2D eigenvalue weighted by Crippen LogP contribution is -2.20. The highest BCUT2D eigenvalue weighted by Gasteiger charge is 2.00. The van der Waals surface area contributed by atoms with Crippen LogP contribution in [0.2, 0.25) is 0 Å². The number of nitrogens with zero attached hydrogens (tertiary/aromatic N) is 1. The van der Waals surface area contributed by atoms with Crippen molar-refractivity contribution in [2.24, 2.45) is 23.7 Å². The molecule has 0 bridgehead atoms. The first-order chi connectivity index (χ1) is 11.0. The zero-order valence-corrected chi connectivity index (χ0v) is 21.0. The van der Waals surface area contributed by atoms with Gasteiger partial charge in [0, 0.05) is 6.04 Å². The van der Waals surface area contributed by atoms with Crippen LogP contribution in [0.1, 0.15) is 103 Å². The zero-order valence-electron chi connectivity index (χ0n) is 21.0. The zero-order chi connectivity index (χ0) is 21.7. The molecule has 0 N–H and O–H groups in total. The van der Waals surface area contributed by atoms with Crippen LogP contribution in [0.25, 0.3) is 0 Å². The quantitative estimate of drug-likeness (QED) is 0.485. The summed E-state index contributed by atoms with van der Waals surface area (Å²) in [4.78, 5) is 2.17. The number of halogens is 1. The van der Waals surface area contributed by atoms with Crippen molar-refractivity contribution in [3.05, 3.63) is 0 Å². The Morgan fingerprint density at radius 3 is 0.760 bits per heavy atom. The average molecular weight is 366 g/mol. The second-order valence-corrected chi connectivity index (χ2v) is 9.25. The van der Waals surface area contributed by atoms with Crippen LogP contribution in [0.3, 0.4) is 0 Å². The molecule has 1 atom stereocenters. The molecule has 0 aliphatic rings. The van der Waals surface area contributed by atoms with Gasteiger partial charge in [-0.15, -0.1) is 0 Å². The Morgan fingerprint density at radius 1 is 0.640 bits per heavy atom. The minimum absolute atomic E-state index is 0.185. The van der Waals surface area contributed by atoms with Crippen molar-refractivity contribution in [2.75, 3.05) is 14.1 Å². The van der Waals surface area contributed by atoms with E-state index in [4.69, 9.17) is 0 Å². The Bertz CT molecular complexity index is 159. The highest BCUT2D eigenvalue weighted by Crippen LogP contribution is 2.02. The van der Waals surface area contributed by atoms with Crippen molar-refractivity contribution in [2.45, 2.75) is 116 Å². The maximum atomic E-state index is 11.8. The van der Waals surface area contributed by atoms with Crippen molar-refractivity contribution >= 4 is 0 Å². The standard InChI is InChI=1S/C5H11F.C5H13N.C5H12.2C4H10/c1-4(2)5(3)6;1-5(2)6(3)4;1-4-5(2)3;2*1-4(2)3/h4-5H,1-3H3;5H,1-4H3;5H,4H2,1-3H3;2*4H,1-3H3. The van der Waals surface area contributed by atoms with Gasteiger partial charge in [0.15, 0.2) is 0 Å². The largest absolute Gasteiger partial charge is 0.307 e. The third kappa shape index (κ3) is 117. The van der Waals surface area contributed by atoms with Crippen molar-refractivity contribution in [3.8, 4) is 0 Å². The van der Waals surface area contributed by atoms with E-state index in [0.717, 1.165) is 17.8 Å². The first kappa shape index (κ1) is 35.9. The number of hydrogen-bond acceptors (Lipinski definition) is 1. The monoisotopic (exact) mass is 365 g/mol. The van der Waals surface area contributed by atoms with Crippen LogP contribution in [0, 0.1) is 23.7 Å². The number of alkyl halides is 1. The minimum Gasteiger partial charge on any atom is -0.307 e. The van der Waals surface area contributed by atoms with Gasteiger partial charge in [-0.1, -0.05) is 82.6 Å². The van der Waals surface area contributed by atoms with Gasteiger partial charge in [0.1, 0.15) is 0 Å². The Labute approximate surface area is 163 Å². The first-order valence-electron chi connectivity index (χ1n) is 10.3. The van der Waals surface area contributed by atoms with Crippen molar-refractivity contribution in [3.63, 3.8) is 0 Å². The molecule has 1 unspecified atom stereocenters. The fourth-order valence-electron chi connectivity index (χ4n) is 0. The molecule has 0 amide bonds. The van der Waals surface area contributed by atoms with Gasteiger partial charge in [0.2, 0.25) is 0 Å². The topological polar surface area (TPSA) is 3.24 Å². The highest BCUT2D eigenvalue weighted by atomic mass is 19.1. The molecule has 0 heterocycles. The van der Waals surface area contributed by atoms with Crippen LogP contribution in [-0.4, -0.2) is 31.2 Å². The van der Waals surface area contributed by atoms with Crippen LogP contribution in [0.5, 0.6) is 0 Å². The predicted molar refractivity (Wildman–Crippen MR) is 120 cm³/mol. The lowest BCUT2D eigenvalue weighted by Gasteiger charge is -2.12. The molecule has 160 valence electrons. The number of rotatable bonds is 3. The lowest BCUT2D eigenvalue weighted by molar-refractivity contribution is 0.280. The van der Waals surface area contributed by atoms with Gasteiger partial charge < -0.3 is 4.90 Å². The Balaban J connectivity index is -0.0000000675. The van der Waals surface area contributed by atoms with E-state index in [1.54, 1.807) is 6.92 Å². The summed E-state index contributed by atoms with van der Waals surface area (Å²) in [5.41, 5.74) is 0. The molecule has 0 fully saturated rings. The third-order valence-corrected chi connectivity index (χ3v) is 2.77. The van der Waals surface area contributed by atoms with Crippen molar-refractivity contribution < 1.29 is 4.39 Å². The van der Waals surface area contributed by atoms with E-state index in [1.165, 1.54) is 6.42 Å². The fraction of sp³-hybridized carbons (Fsp3) is 1.00. The molecule has 2 heteroatoms. The summed E-state index contributed by atoms with van der Waals surface area (Å²) in [5, 5.41) is 0. The smallest absolute Gasteiger partial charge is 0.0996 e. The molecule has 0 aromatic heterocycles. The van der Waals surface area contributed by atoms with E-state index in [2.05, 4.69) is 95.2 Å². The van der Waals surface area contributed by atoms with Crippen LogP contribution >= 0.6 is 0 Å². The van der Waals surface area contributed by atoms with E-state index in [0.29, 0.717) is 6.04 Å². The molecule has 25 heavy (non-hydrogen) atoms. The molecule has 0 rings (SSSR count). The van der Waals surface area contributed by atoms with Crippen LogP contribution < -0.4 is 0 Å². The fourth-order valence-corrected chi connectivity index (χ4v) is 0. The molecule has 0 aliphatic heterocycles. The van der Waals surface area contributed by atoms with Crippen LogP contribution in [0.4, 0.5) is 4.39 Å². The molecular weight excluding hydrogens is 309 g/mol. The third-order valence-electron chi connectivity index (χ3n) is 2.77. The van der Waals surface area contributed by atoms with Crippen LogP contribution in [0.15, 0.2) is 0 Å². The van der Waals surface area contributed by atoms with Gasteiger partial charge >= 0.3 is 0 Å². The Hall–Kier alpha value is -0.110. The molecule has 0 saturated carbocycles. The van der Waals surface area contributed by atoms with Crippen molar-refractivity contribution in [1.82, 2.24) is 4.90 Å². The van der Waals surface area contributed by atoms with Crippen molar-refractivity contribution in [1.29, 1.82) is 0 Å². The second-order valence-electron chi connectivity index (χ2n) is 9.25. The SMILES string of the molecule is CC(C)C.CC(C)C.CC(C)C(C)F.CC(C)N(C)C.CCC(C)C. The normalized spacial score (nSPS) is 11.2. The average Bonchev–Trinajstić information content (AvgIpc) is 2.38. The van der Waals surface area contributed by atoms with Gasteiger partial charge in [-0.3, -0.25) is 0 Å². The van der Waals surface area contributed by atoms with E-state index in [-0.39, 0.29) is 5.92 Å². The molecule has 0 radical (unpaired) electrons. The molecule has 0 aromatic rings. The van der Waals surface area contributed by atoms with Gasteiger partial charge in [0.05, 0.1) is 6.17 Å². The maximum Gasteiger partial charge on any atom is 0.0996 e. The molecule has 0 aromatic carbocycles. The summed E-state index contributed by atoms with van der Waals surface area (Å²) in [5.74, 6) is 2.74. The lowest BCUT2D eigenvalue weighted by atomic mass is 10.1. The summed E-state index contributed by atoms with van der Waals surface area (Å²) in [6.45, 7) is 29.3. The van der Waals surface area contributed by atoms with E-state index < -0.39 is 6.17 Å². The molecule has 0 spiro atoms. The van der Waals surface area contributed by atoms with E-state index in [9.17, 15) is 4.39 Å². The molecule has 1 nitrogen and oxygen atoms in total. The van der Waals surface area contributed by atoms with Crippen LogP contribution in [-0.2, 0) is 0 Å². The predicted octanol–water partition coefficient (Wildman–Crippen LogP) is 8.33. The summed E-state index contributed by atoms with van der Waals surface area (Å²) in [6.07, 6.45) is 0.657. The van der Waals surface area contributed by atoms with Gasteiger partial charge in [0.25, 0.3) is 0 Å². The summed E-state index contributed by atoms with van der Waals surface area (Å²) < 4.78 is 11.8. The highest BCUT2D eigenvalue weighted by molar-refractivity contribution is 4.49.